The zero-order chi connectivity index (χ0) is 91.6. The van der Waals surface area contributed by atoms with Crippen LogP contribution in [-0.2, 0) is 56.9 Å². The van der Waals surface area contributed by atoms with Crippen molar-refractivity contribution in [1.29, 1.82) is 0 Å². The average molecular weight is 1640 g/mol. The number of piperidine rings is 4. The topological polar surface area (TPSA) is 242 Å². The Morgan fingerprint density at radius 3 is 1.10 bits per heavy atom. The molecule has 16 aliphatic rings. The maximum atomic E-state index is 12.9. The SMILES string of the molecule is COc1ccc2c3c1O[C@H]1C(=O)C=C[C@@]4(O)C(C2)N(C)CCC314.COc1ccc2c3c1O[C@H]1C(=O)CC(C)[C@@]4(O)C(C2)N(C)CCC314.COc1ccc2c3c1O[C@H]1C(C)(O)C=C[C@@]4(O)C(C2)N(C)CCC314.COc1ccc2c3c1O[C@H]1C(C)(O)CC(C)[C@@]4(O)C(C2)N(C)CCC314.[B]B([B])B(B([B])[B])B(B(B([B])[B])B([B])[B])B(B(B([B])[B])B([B])[B])B(B([B])[B])B([B])[B]. The molecule has 8 heterocycles. The molecule has 602 valence electrons. The lowest BCUT2D eigenvalue weighted by atomic mass is 8.31. The van der Waals surface area contributed by atoms with Crippen LogP contribution in [0.15, 0.2) is 72.8 Å². The van der Waals surface area contributed by atoms with Gasteiger partial charge in [0.05, 0.1) is 66.9 Å². The predicted molar refractivity (Wildman–Crippen MR) is 525 cm³/mol. The van der Waals surface area contributed by atoms with Crippen LogP contribution < -0.4 is 37.9 Å². The van der Waals surface area contributed by atoms with Gasteiger partial charge in [0, 0.05) is 266 Å². The Hall–Kier alpha value is -4.35. The van der Waals surface area contributed by atoms with Gasteiger partial charge in [-0.2, -0.15) is 0 Å². The van der Waals surface area contributed by atoms with Gasteiger partial charge in [0.25, 0.3) is 0 Å². The van der Waals surface area contributed by atoms with Crippen LogP contribution in [0.2, 0.25) is 0 Å². The number of likely N-dealkylation sites (tertiary alicyclic amines) is 4. The van der Waals surface area contributed by atoms with Crippen LogP contribution in [0.25, 0.3) is 0 Å². The highest BCUT2D eigenvalue weighted by molar-refractivity contribution is 8.28. The molecule has 20 rings (SSSR count). The maximum Gasteiger partial charge on any atom is 0.196 e. The molecule has 8 bridgehead atoms. The Kier molecular flexibility index (Phi) is 25.1. The number of methoxy groups -OCH3 is 4. The molecule has 6 N–H and O–H groups in total. The summed E-state index contributed by atoms with van der Waals surface area (Å²) in [6.45, 7) is 11.2. The summed E-state index contributed by atoms with van der Waals surface area (Å²) in [6.07, 6.45) is -2.16. The Balaban J connectivity index is 0.000000116. The first-order valence-corrected chi connectivity index (χ1v) is 44.4. The van der Waals surface area contributed by atoms with Crippen molar-refractivity contribution in [2.24, 2.45) is 11.8 Å². The van der Waals surface area contributed by atoms with Crippen LogP contribution in [-0.4, -0.2) is 440 Å². The van der Waals surface area contributed by atoms with E-state index >= 15 is 0 Å². The van der Waals surface area contributed by atoms with Crippen LogP contribution in [0.1, 0.15) is 111 Å². The number of aliphatic hydroxyl groups is 6. The standard InChI is InChI=1S/C20H27NO4.2C19H23NO4.C18H19NO4.B30/c1-11-10-18(2,22)17-19-7-8-21(3)14(20(11,19)23)9-12-5-6-13(24-4)16(25-17)15(12)19;1-10-8-12(21)17-18-6-7-20(2)14(19(10,18)22)9-11-4-5-13(23-3)16(24-17)15(11)18;1-17(21)6-7-19(22)13-10-11-4-5-12(23-3)15-14(11)18(19,16(17)24-15)8-9-20(13)2;1-19-8-7-17-14-10-3-4-12(22-2)15(14)23-16(17)11(20)5-6-18(17,21)13(19)9-10;1-17(2)25(18(3)4)29(26(19(5)6)20(7)8)30(27(21(9)10)22(11)12)28(23(13)14)24(15)16/h5-6,11,14,17,22-23H,7-10H2,1-4H3;4-5,10,14,17,22H,6-9H2,1-3H3;4-7,13,16,21-22H,8-10H2,1-3H3;3-6,13,16,21H,7-9H2,1-2H3;/t11?,14?,17-,18?,19?,20+;10?,14?,17-,18?,19+;13?,16-,17?,18?,19+;13?,16-,17?,18+;/m0000./s1. The summed E-state index contributed by atoms with van der Waals surface area (Å²) in [6, 6.07) is 16.1. The van der Waals surface area contributed by atoms with Gasteiger partial charge in [-0.05, 0) is 197 Å². The van der Waals surface area contributed by atoms with Crippen molar-refractivity contribution in [3.05, 3.63) is 117 Å². The fraction of sp³-hybridized carbons (Fsp3) is 0.605. The molecular formula is C76H92B30N4O16. The Bertz CT molecular complexity index is 4860. The van der Waals surface area contributed by atoms with Gasteiger partial charge in [-0.3, -0.25) is 19.4 Å². The van der Waals surface area contributed by atoms with Crippen LogP contribution >= 0.6 is 0 Å². The molecule has 12 unspecified atom stereocenters. The van der Waals surface area contributed by atoms with Gasteiger partial charge < -0.3 is 78.3 Å². The van der Waals surface area contributed by atoms with Crippen molar-refractivity contribution in [2.75, 3.05) is 82.8 Å². The number of ether oxygens (including phenoxy) is 8. The van der Waals surface area contributed by atoms with Gasteiger partial charge in [0.15, 0.2) is 69.8 Å². The fourth-order valence-corrected chi connectivity index (χ4v) is 28.4. The third-order valence-corrected chi connectivity index (χ3v) is 33.7. The molecule has 0 aromatic heterocycles. The van der Waals surface area contributed by atoms with Gasteiger partial charge in [-0.25, -0.2) is 0 Å². The van der Waals surface area contributed by atoms with Gasteiger partial charge in [0.2, 0.25) is 0 Å². The summed E-state index contributed by atoms with van der Waals surface area (Å²) in [4.78, 5) is 34.4. The lowest BCUT2D eigenvalue weighted by Crippen LogP contribution is -2.88. The van der Waals surface area contributed by atoms with E-state index in [9.17, 15) is 40.2 Å². The molecule has 8 aliphatic heterocycles. The van der Waals surface area contributed by atoms with Crippen LogP contribution in [0.5, 0.6) is 46.0 Å². The highest BCUT2D eigenvalue weighted by Gasteiger charge is 2.80. The first-order chi connectivity index (χ1) is 59.2. The lowest BCUT2D eigenvalue weighted by Gasteiger charge is -2.67. The largest absolute Gasteiger partial charge is 0.493 e. The molecule has 4 spiro atoms. The first kappa shape index (κ1) is 94.8. The van der Waals surface area contributed by atoms with Crippen molar-refractivity contribution in [1.82, 2.24) is 19.6 Å². The summed E-state index contributed by atoms with van der Waals surface area (Å²) in [5.74, 6) is 5.40. The van der Waals surface area contributed by atoms with Crippen LogP contribution in [0.3, 0.4) is 0 Å². The van der Waals surface area contributed by atoms with Gasteiger partial charge in [-0.15, -0.1) is 0 Å². The predicted octanol–water partition coefficient (Wildman–Crippen LogP) is -6.82. The van der Waals surface area contributed by atoms with E-state index < -0.39 is 169 Å². The molecule has 2 saturated carbocycles. The average Bonchev–Trinajstić information content (AvgIpc) is 1.45. The summed E-state index contributed by atoms with van der Waals surface area (Å²) in [5, 5.41) is 70.0. The molecule has 8 aliphatic carbocycles. The van der Waals surface area contributed by atoms with Gasteiger partial charge in [0.1, 0.15) is 29.0 Å². The third-order valence-electron chi connectivity index (χ3n) is 33.7. The lowest BCUT2D eigenvalue weighted by molar-refractivity contribution is -0.252. The van der Waals surface area contributed by atoms with E-state index in [-0.39, 0.29) is 47.6 Å². The molecule has 50 heteroatoms. The van der Waals surface area contributed by atoms with Crippen LogP contribution in [0, 0.1) is 11.8 Å². The van der Waals surface area contributed by atoms with E-state index in [1.165, 1.54) is 22.8 Å². The summed E-state index contributed by atoms with van der Waals surface area (Å²) >= 11 is 0. The van der Waals surface area contributed by atoms with Crippen LogP contribution in [0.4, 0.5) is 0 Å². The number of hydrogen-bond acceptors (Lipinski definition) is 20. The number of nitrogens with zero attached hydrogens (tertiary/aromatic N) is 4. The molecule has 0 amide bonds. The zero-order valence-electron chi connectivity index (χ0n) is 74.5. The van der Waals surface area contributed by atoms with Gasteiger partial charge >= 0.3 is 0 Å². The zero-order valence-corrected chi connectivity index (χ0v) is 74.5. The van der Waals surface area contributed by atoms with Crippen molar-refractivity contribution < 1.29 is 78.1 Å². The smallest absolute Gasteiger partial charge is 0.196 e. The molecule has 20 atom stereocenters. The second-order valence-electron chi connectivity index (χ2n) is 39.9. The maximum absolute atomic E-state index is 12.9. The third kappa shape index (κ3) is 13.2. The number of carbonyl (C=O) groups is 2. The van der Waals surface area contributed by atoms with Crippen molar-refractivity contribution in [2.45, 2.75) is 196 Å². The van der Waals surface area contributed by atoms with E-state index in [0.717, 1.165) is 105 Å². The minimum absolute atomic E-state index is 0.0135. The number of carbonyl (C=O) groups excluding carboxylic acids is 2. The van der Waals surface area contributed by atoms with Crippen molar-refractivity contribution in [3.63, 3.8) is 0 Å². The van der Waals surface area contributed by atoms with E-state index in [2.05, 4.69) is 71.9 Å². The van der Waals surface area contributed by atoms with E-state index in [1.54, 1.807) is 47.5 Å². The molecule has 6 fully saturated rings. The molecular weight excluding hydrogens is 1550 g/mol. The molecule has 4 aromatic rings. The Labute approximate surface area is 771 Å². The monoisotopic (exact) mass is 1650 g/mol. The minimum atomic E-state index is -1.13. The summed E-state index contributed by atoms with van der Waals surface area (Å²) in [5.41, 5.74) is 0.349. The number of rotatable bonds is 17. The number of benzene rings is 4. The fourth-order valence-electron chi connectivity index (χ4n) is 28.4. The van der Waals surface area contributed by atoms with E-state index in [1.807, 2.05) is 51.2 Å². The number of ketones is 2. The molecule has 20 nitrogen and oxygen atoms in total. The number of Topliss-reactive ketones (excluding diaryl/α,β-unsaturated/α-hetero) is 1. The quantitative estimate of drug-likeness (QED) is 0.0426. The van der Waals surface area contributed by atoms with Crippen molar-refractivity contribution in [3.8, 4) is 46.0 Å². The minimum Gasteiger partial charge on any atom is -0.493 e. The summed E-state index contributed by atoms with van der Waals surface area (Å²) < 4.78 is 47.1. The Morgan fingerprint density at radius 2 is 0.690 bits per heavy atom. The first-order valence-electron chi connectivity index (χ1n) is 44.4. The molecule has 4 aromatic carbocycles. The van der Waals surface area contributed by atoms with Crippen molar-refractivity contribution >= 4 is 225 Å². The van der Waals surface area contributed by atoms with E-state index in [0.29, 0.717) is 59.5 Å². The second kappa shape index (κ2) is 33.3. The number of likely N-dealkylation sites (N-methyl/N-ethyl adjacent to an activating group) is 4. The van der Waals surface area contributed by atoms with Gasteiger partial charge in [-0.1, -0.05) is 50.3 Å². The highest BCUT2D eigenvalue weighted by Crippen LogP contribution is 2.71. The molecule has 126 heavy (non-hydrogen) atoms. The number of hydrogen-bond donors (Lipinski definition) is 6. The summed E-state index contributed by atoms with van der Waals surface area (Å²) in [7, 11) is 111. The molecule has 4 saturated heterocycles. The Morgan fingerprint density at radius 1 is 0.373 bits per heavy atom. The highest BCUT2D eigenvalue weighted by atomic mass is 16.6. The second-order valence-corrected chi connectivity index (χ2v) is 39.9. The normalized spacial score (nSPS) is 35.5. The molecule has 32 radical (unpaired) electrons. The van der Waals surface area contributed by atoms with E-state index in [4.69, 9.17) is 162 Å².